The molecular formula is C15H37NO8Si2. The fourth-order valence-corrected chi connectivity index (χ4v) is 6.28. The van der Waals surface area contributed by atoms with Crippen LogP contribution in [0.4, 0.5) is 0 Å². The number of aliphatic hydroxyl groups is 2. The first kappa shape index (κ1) is 26.1. The summed E-state index contributed by atoms with van der Waals surface area (Å²) in [6.45, 7) is 1.13. The summed E-state index contributed by atoms with van der Waals surface area (Å²) in [5, 5.41) is 19.1. The third kappa shape index (κ3) is 7.98. The van der Waals surface area contributed by atoms with Gasteiger partial charge in [0, 0.05) is 54.7 Å². The molecule has 11 heteroatoms. The predicted molar refractivity (Wildman–Crippen MR) is 102 cm³/mol. The monoisotopic (exact) mass is 415 g/mol. The van der Waals surface area contributed by atoms with Gasteiger partial charge in [0.25, 0.3) is 0 Å². The lowest BCUT2D eigenvalue weighted by atomic mass is 10.2. The molecule has 0 aromatic carbocycles. The van der Waals surface area contributed by atoms with E-state index in [1.807, 2.05) is 0 Å². The molecule has 0 unspecified atom stereocenters. The highest BCUT2D eigenvalue weighted by molar-refractivity contribution is 6.60. The van der Waals surface area contributed by atoms with Gasteiger partial charge in [-0.2, -0.15) is 0 Å². The van der Waals surface area contributed by atoms with Crippen LogP contribution in [0.2, 0.25) is 12.1 Å². The van der Waals surface area contributed by atoms with E-state index in [9.17, 15) is 10.2 Å². The normalized spacial score (nSPS) is 13.2. The minimum atomic E-state index is -2.62. The molecule has 0 saturated heterocycles. The van der Waals surface area contributed by atoms with Crippen molar-refractivity contribution >= 4 is 17.6 Å². The van der Waals surface area contributed by atoms with Gasteiger partial charge in [0.15, 0.2) is 0 Å². The molecule has 0 aliphatic carbocycles. The molecule has 0 aliphatic rings. The Bertz CT molecular complexity index is 299. The summed E-state index contributed by atoms with van der Waals surface area (Å²) >= 11 is 0. The Balaban J connectivity index is 4.72. The van der Waals surface area contributed by atoms with E-state index in [-0.39, 0.29) is 19.3 Å². The second-order valence-corrected chi connectivity index (χ2v) is 12.0. The van der Waals surface area contributed by atoms with E-state index >= 15 is 0 Å². The fraction of sp³-hybridized carbons (Fsp3) is 1.00. The smallest absolute Gasteiger partial charge is 0.395 e. The zero-order chi connectivity index (χ0) is 20.1. The van der Waals surface area contributed by atoms with Crippen LogP contribution in [0, 0.1) is 0 Å². The van der Waals surface area contributed by atoms with Gasteiger partial charge in [0.05, 0.1) is 19.3 Å². The molecule has 0 heterocycles. The molecule has 0 radical (unpaired) electrons. The van der Waals surface area contributed by atoms with Gasteiger partial charge in [0.2, 0.25) is 0 Å². The van der Waals surface area contributed by atoms with E-state index < -0.39 is 17.6 Å². The molecule has 0 saturated carbocycles. The largest absolute Gasteiger partial charge is 0.500 e. The fourth-order valence-electron chi connectivity index (χ4n) is 2.88. The van der Waals surface area contributed by atoms with Crippen molar-refractivity contribution in [2.24, 2.45) is 0 Å². The molecule has 0 aromatic heterocycles. The van der Waals surface area contributed by atoms with Gasteiger partial charge in [-0.3, -0.25) is 4.90 Å². The van der Waals surface area contributed by atoms with Gasteiger partial charge in [-0.05, 0) is 25.9 Å². The molecule has 2 N–H and O–H groups in total. The standard InChI is InChI=1S/C15H37NO8Si2/c1-19-25(20-2,21-3)11-7-9-16(15(13-17)14-18)10-8-12-26(22-4,23-5)24-6/h15,17-18H,7-14H2,1-6H3. The van der Waals surface area contributed by atoms with Crippen LogP contribution >= 0.6 is 0 Å². The first-order valence-corrected chi connectivity index (χ1v) is 12.6. The molecule has 0 fully saturated rings. The molecule has 0 aliphatic heterocycles. The minimum absolute atomic E-state index is 0.112. The van der Waals surface area contributed by atoms with Crippen molar-refractivity contribution in [3.63, 3.8) is 0 Å². The molecule has 26 heavy (non-hydrogen) atoms. The Kier molecular flexibility index (Phi) is 14.2. The summed E-state index contributed by atoms with van der Waals surface area (Å²) in [6, 6.07) is 0.995. The first-order valence-electron chi connectivity index (χ1n) is 8.72. The zero-order valence-corrected chi connectivity index (χ0v) is 19.0. The van der Waals surface area contributed by atoms with E-state index in [2.05, 4.69) is 4.90 Å². The van der Waals surface area contributed by atoms with E-state index in [0.717, 1.165) is 12.8 Å². The van der Waals surface area contributed by atoms with Gasteiger partial charge in [0.1, 0.15) is 0 Å². The maximum atomic E-state index is 9.56. The van der Waals surface area contributed by atoms with Crippen LogP contribution in [-0.2, 0) is 26.6 Å². The second-order valence-electron chi connectivity index (χ2n) is 5.85. The van der Waals surface area contributed by atoms with Crippen molar-refractivity contribution < 1.29 is 36.8 Å². The van der Waals surface area contributed by atoms with E-state index in [1.165, 1.54) is 0 Å². The lowest BCUT2D eigenvalue weighted by molar-refractivity contribution is 0.0691. The van der Waals surface area contributed by atoms with Crippen molar-refractivity contribution in [2.45, 2.75) is 31.0 Å². The van der Waals surface area contributed by atoms with Crippen LogP contribution in [0.5, 0.6) is 0 Å². The predicted octanol–water partition coefficient (Wildman–Crippen LogP) is 0.178. The van der Waals surface area contributed by atoms with Gasteiger partial charge in [-0.15, -0.1) is 0 Å². The highest BCUT2D eigenvalue weighted by atomic mass is 28.4. The van der Waals surface area contributed by atoms with Crippen molar-refractivity contribution in [1.82, 2.24) is 4.90 Å². The maximum Gasteiger partial charge on any atom is 0.500 e. The number of rotatable bonds is 17. The summed E-state index contributed by atoms with van der Waals surface area (Å²) in [5.74, 6) is 0. The van der Waals surface area contributed by atoms with Gasteiger partial charge in [-0.1, -0.05) is 0 Å². The minimum Gasteiger partial charge on any atom is -0.395 e. The van der Waals surface area contributed by atoms with Crippen molar-refractivity contribution in [2.75, 3.05) is 69.0 Å². The van der Waals surface area contributed by atoms with E-state index in [4.69, 9.17) is 26.6 Å². The molecule has 0 aromatic rings. The van der Waals surface area contributed by atoms with Gasteiger partial charge in [-0.25, -0.2) is 0 Å². The summed E-state index contributed by atoms with van der Waals surface area (Å²) in [7, 11) is 4.29. The molecule has 9 nitrogen and oxygen atoms in total. The van der Waals surface area contributed by atoms with Crippen molar-refractivity contribution in [3.8, 4) is 0 Å². The third-order valence-corrected chi connectivity index (χ3v) is 10.3. The average molecular weight is 416 g/mol. The highest BCUT2D eigenvalue weighted by Crippen LogP contribution is 2.18. The molecule has 0 bridgehead atoms. The van der Waals surface area contributed by atoms with Crippen LogP contribution in [-0.4, -0.2) is 108 Å². The van der Waals surface area contributed by atoms with Crippen LogP contribution in [0.1, 0.15) is 12.8 Å². The van der Waals surface area contributed by atoms with Crippen LogP contribution in [0.15, 0.2) is 0 Å². The Morgan fingerprint density at radius 2 is 0.962 bits per heavy atom. The molecule has 0 amide bonds. The SMILES string of the molecule is CO[Si](CCCN(CCC[Si](OC)(OC)OC)C(CO)CO)(OC)OC. The number of hydrogen-bond donors (Lipinski definition) is 2. The van der Waals surface area contributed by atoms with Crippen molar-refractivity contribution in [1.29, 1.82) is 0 Å². The van der Waals surface area contributed by atoms with E-state index in [1.54, 1.807) is 42.7 Å². The second kappa shape index (κ2) is 14.1. The topological polar surface area (TPSA) is 99.1 Å². The van der Waals surface area contributed by atoms with Gasteiger partial charge < -0.3 is 36.8 Å². The van der Waals surface area contributed by atoms with Crippen LogP contribution in [0.3, 0.4) is 0 Å². The highest BCUT2D eigenvalue weighted by Gasteiger charge is 2.38. The zero-order valence-electron chi connectivity index (χ0n) is 17.0. The number of aliphatic hydroxyl groups excluding tert-OH is 2. The lowest BCUT2D eigenvalue weighted by Gasteiger charge is -2.32. The molecule has 0 atom stereocenters. The molecule has 0 spiro atoms. The van der Waals surface area contributed by atoms with E-state index in [0.29, 0.717) is 25.2 Å². The van der Waals surface area contributed by atoms with Crippen LogP contribution in [0.25, 0.3) is 0 Å². The molecule has 158 valence electrons. The Hall–Kier alpha value is 0.0738. The number of hydrogen-bond acceptors (Lipinski definition) is 9. The lowest BCUT2D eigenvalue weighted by Crippen LogP contribution is -2.46. The van der Waals surface area contributed by atoms with Crippen LogP contribution < -0.4 is 0 Å². The van der Waals surface area contributed by atoms with Crippen molar-refractivity contribution in [3.05, 3.63) is 0 Å². The number of nitrogens with zero attached hydrogens (tertiary/aromatic N) is 1. The average Bonchev–Trinajstić information content (AvgIpc) is 2.69. The Morgan fingerprint density at radius 1 is 0.654 bits per heavy atom. The summed E-state index contributed by atoms with van der Waals surface area (Å²) in [5.41, 5.74) is 0. The summed E-state index contributed by atoms with van der Waals surface area (Å²) in [6.07, 6.45) is 1.53. The summed E-state index contributed by atoms with van der Waals surface area (Å²) in [4.78, 5) is 2.06. The summed E-state index contributed by atoms with van der Waals surface area (Å²) < 4.78 is 32.6. The Labute approximate surface area is 159 Å². The third-order valence-electron chi connectivity index (χ3n) is 4.66. The molecular weight excluding hydrogens is 378 g/mol. The van der Waals surface area contributed by atoms with Gasteiger partial charge >= 0.3 is 17.6 Å². The first-order chi connectivity index (χ1) is 12.5. The molecule has 0 rings (SSSR count). The maximum absolute atomic E-state index is 9.56. The quantitative estimate of drug-likeness (QED) is 0.322. The Morgan fingerprint density at radius 3 is 1.19 bits per heavy atom.